The van der Waals surface area contributed by atoms with E-state index >= 15 is 0 Å². The monoisotopic (exact) mass is 450 g/mol. The predicted octanol–water partition coefficient (Wildman–Crippen LogP) is 3.64. The van der Waals surface area contributed by atoms with Gasteiger partial charge in [-0.15, -0.1) is 0 Å². The van der Waals surface area contributed by atoms with E-state index in [4.69, 9.17) is 18.7 Å². The molecule has 2 aromatic carbocycles. The van der Waals surface area contributed by atoms with Crippen LogP contribution in [0.5, 0.6) is 17.2 Å². The summed E-state index contributed by atoms with van der Waals surface area (Å²) in [5.74, 6) is 0.0882. The first-order chi connectivity index (χ1) is 15.9. The zero-order valence-corrected chi connectivity index (χ0v) is 18.5. The fourth-order valence-electron chi connectivity index (χ4n) is 3.78. The van der Waals surface area contributed by atoms with Crippen LogP contribution in [0, 0.1) is 6.92 Å². The second-order valence-corrected chi connectivity index (χ2v) is 7.31. The molecule has 9 nitrogen and oxygen atoms in total. The molecule has 0 aliphatic carbocycles. The third-order valence-electron chi connectivity index (χ3n) is 5.39. The van der Waals surface area contributed by atoms with Crippen molar-refractivity contribution in [2.75, 3.05) is 26.2 Å². The number of aliphatic hydroxyl groups excluding tert-OH is 1. The molecule has 1 saturated heterocycles. The van der Waals surface area contributed by atoms with Crippen molar-refractivity contribution < 1.29 is 33.4 Å². The van der Waals surface area contributed by atoms with E-state index in [-0.39, 0.29) is 17.2 Å². The van der Waals surface area contributed by atoms with E-state index in [1.165, 1.54) is 26.2 Å². The van der Waals surface area contributed by atoms with Gasteiger partial charge in [-0.25, -0.2) is 0 Å². The SMILES string of the molecule is COc1ccc(C(O)=C2C(=O)C(=O)N(c3cc(C)on3)[C@@H]2c2ccc(OC)c(OC)c2)cc1. The lowest BCUT2D eigenvalue weighted by Crippen LogP contribution is -2.29. The molecule has 170 valence electrons. The fourth-order valence-corrected chi connectivity index (χ4v) is 3.78. The maximum absolute atomic E-state index is 13.1. The Labute approximate surface area is 189 Å². The molecule has 0 saturated carbocycles. The summed E-state index contributed by atoms with van der Waals surface area (Å²) in [6.07, 6.45) is 0. The summed E-state index contributed by atoms with van der Waals surface area (Å²) >= 11 is 0. The Hall–Kier alpha value is -4.27. The Morgan fingerprint density at radius 2 is 1.67 bits per heavy atom. The molecule has 3 aromatic rings. The zero-order valence-electron chi connectivity index (χ0n) is 18.5. The van der Waals surface area contributed by atoms with Crippen molar-refractivity contribution in [3.05, 3.63) is 71.0 Å². The molecule has 4 rings (SSSR count). The van der Waals surface area contributed by atoms with Crippen molar-refractivity contribution in [3.63, 3.8) is 0 Å². The van der Waals surface area contributed by atoms with Crippen LogP contribution in [0.2, 0.25) is 0 Å². The fraction of sp³-hybridized carbons (Fsp3) is 0.208. The van der Waals surface area contributed by atoms with Gasteiger partial charge in [0.15, 0.2) is 17.3 Å². The second kappa shape index (κ2) is 8.70. The quantitative estimate of drug-likeness (QED) is 0.344. The molecule has 1 atom stereocenters. The summed E-state index contributed by atoms with van der Waals surface area (Å²) < 4.78 is 21.0. The van der Waals surface area contributed by atoms with Crippen molar-refractivity contribution in [1.29, 1.82) is 0 Å². The third kappa shape index (κ3) is 3.78. The van der Waals surface area contributed by atoms with Crippen LogP contribution in [0.25, 0.3) is 5.76 Å². The first-order valence-corrected chi connectivity index (χ1v) is 10.00. The van der Waals surface area contributed by atoms with Crippen LogP contribution < -0.4 is 19.1 Å². The summed E-state index contributed by atoms with van der Waals surface area (Å²) in [5, 5.41) is 15.1. The zero-order chi connectivity index (χ0) is 23.7. The van der Waals surface area contributed by atoms with Crippen LogP contribution in [0.4, 0.5) is 5.82 Å². The van der Waals surface area contributed by atoms with Crippen LogP contribution >= 0.6 is 0 Å². The summed E-state index contributed by atoms with van der Waals surface area (Å²) in [6, 6.07) is 12.1. The average molecular weight is 450 g/mol. The molecule has 1 aromatic heterocycles. The average Bonchev–Trinajstić information content (AvgIpc) is 3.38. The minimum atomic E-state index is -0.976. The second-order valence-electron chi connectivity index (χ2n) is 7.31. The molecule has 0 bridgehead atoms. The summed E-state index contributed by atoms with van der Waals surface area (Å²) in [7, 11) is 4.51. The van der Waals surface area contributed by atoms with Crippen molar-refractivity contribution in [3.8, 4) is 17.2 Å². The van der Waals surface area contributed by atoms with Crippen molar-refractivity contribution >= 4 is 23.3 Å². The number of methoxy groups -OCH3 is 3. The van der Waals surface area contributed by atoms with Gasteiger partial charge in [0.2, 0.25) is 0 Å². The van der Waals surface area contributed by atoms with E-state index in [1.807, 2.05) is 0 Å². The molecule has 0 radical (unpaired) electrons. The first kappa shape index (κ1) is 21.9. The van der Waals surface area contributed by atoms with Gasteiger partial charge in [0.25, 0.3) is 5.78 Å². The van der Waals surface area contributed by atoms with Crippen LogP contribution in [-0.2, 0) is 9.59 Å². The van der Waals surface area contributed by atoms with Gasteiger partial charge < -0.3 is 23.8 Å². The number of hydrogen-bond donors (Lipinski definition) is 1. The number of anilines is 1. The Kier molecular flexibility index (Phi) is 5.78. The largest absolute Gasteiger partial charge is 0.507 e. The number of ether oxygens (including phenoxy) is 3. The van der Waals surface area contributed by atoms with E-state index < -0.39 is 17.7 Å². The molecular weight excluding hydrogens is 428 g/mol. The Balaban J connectivity index is 1.93. The van der Waals surface area contributed by atoms with Crippen molar-refractivity contribution in [1.82, 2.24) is 5.16 Å². The summed E-state index contributed by atoms with van der Waals surface area (Å²) in [5.41, 5.74) is 0.788. The number of carbonyl (C=O) groups is 2. The molecule has 0 spiro atoms. The molecule has 1 amide bonds. The van der Waals surface area contributed by atoms with Gasteiger partial charge in [-0.2, -0.15) is 0 Å². The number of aliphatic hydroxyl groups is 1. The lowest BCUT2D eigenvalue weighted by Gasteiger charge is -2.23. The lowest BCUT2D eigenvalue weighted by molar-refractivity contribution is -0.132. The normalized spacial score (nSPS) is 17.3. The van der Waals surface area contributed by atoms with E-state index in [0.29, 0.717) is 34.1 Å². The van der Waals surface area contributed by atoms with Gasteiger partial charge in [0.1, 0.15) is 17.3 Å². The number of hydrogen-bond acceptors (Lipinski definition) is 8. The number of Topliss-reactive ketones (excluding diaryl/α,β-unsaturated/α-hetero) is 1. The number of nitrogens with zero attached hydrogens (tertiary/aromatic N) is 2. The van der Waals surface area contributed by atoms with Crippen LogP contribution in [0.1, 0.15) is 22.9 Å². The molecule has 33 heavy (non-hydrogen) atoms. The van der Waals surface area contributed by atoms with E-state index in [9.17, 15) is 14.7 Å². The van der Waals surface area contributed by atoms with Crippen LogP contribution in [-0.4, -0.2) is 43.3 Å². The number of benzene rings is 2. The number of amides is 1. The lowest BCUT2D eigenvalue weighted by atomic mass is 9.95. The summed E-state index contributed by atoms with van der Waals surface area (Å²) in [6.45, 7) is 1.68. The Morgan fingerprint density at radius 1 is 0.970 bits per heavy atom. The predicted molar refractivity (Wildman–Crippen MR) is 119 cm³/mol. The third-order valence-corrected chi connectivity index (χ3v) is 5.39. The molecule has 0 unspecified atom stereocenters. The molecular formula is C24H22N2O7. The minimum Gasteiger partial charge on any atom is -0.507 e. The Morgan fingerprint density at radius 3 is 2.24 bits per heavy atom. The summed E-state index contributed by atoms with van der Waals surface area (Å²) in [4.78, 5) is 27.4. The van der Waals surface area contributed by atoms with E-state index in [0.717, 1.165) is 0 Å². The highest BCUT2D eigenvalue weighted by Crippen LogP contribution is 2.44. The van der Waals surface area contributed by atoms with Gasteiger partial charge >= 0.3 is 5.91 Å². The van der Waals surface area contributed by atoms with Gasteiger partial charge in [-0.1, -0.05) is 11.2 Å². The van der Waals surface area contributed by atoms with E-state index in [1.54, 1.807) is 55.5 Å². The first-order valence-electron chi connectivity index (χ1n) is 10.00. The van der Waals surface area contributed by atoms with E-state index in [2.05, 4.69) is 5.16 Å². The topological polar surface area (TPSA) is 111 Å². The van der Waals surface area contributed by atoms with Gasteiger partial charge in [0, 0.05) is 11.6 Å². The highest BCUT2D eigenvalue weighted by atomic mass is 16.5. The van der Waals surface area contributed by atoms with Crippen LogP contribution in [0.3, 0.4) is 0 Å². The molecule has 1 aliphatic rings. The smallest absolute Gasteiger partial charge is 0.301 e. The molecule has 2 heterocycles. The Bertz CT molecular complexity index is 1240. The van der Waals surface area contributed by atoms with Gasteiger partial charge in [-0.3, -0.25) is 14.5 Å². The molecule has 1 N–H and O–H groups in total. The minimum absolute atomic E-state index is 0.0851. The maximum Gasteiger partial charge on any atom is 0.301 e. The highest BCUT2D eigenvalue weighted by molar-refractivity contribution is 6.51. The standard InChI is InChI=1S/C24H22N2O7/c1-13-11-19(25-33-13)26-21(15-7-10-17(31-3)18(12-15)32-4)20(23(28)24(26)29)22(27)14-5-8-16(30-2)9-6-14/h5-12,21,27H,1-4H3/t21-/m1/s1. The highest BCUT2D eigenvalue weighted by Gasteiger charge is 2.48. The van der Waals surface area contributed by atoms with Gasteiger partial charge in [0.05, 0.1) is 32.9 Å². The number of ketones is 1. The van der Waals surface area contributed by atoms with Gasteiger partial charge in [-0.05, 0) is 48.9 Å². The molecule has 1 aliphatic heterocycles. The van der Waals surface area contributed by atoms with Crippen molar-refractivity contribution in [2.45, 2.75) is 13.0 Å². The number of aryl methyl sites for hydroxylation is 1. The number of aromatic nitrogens is 1. The van der Waals surface area contributed by atoms with Crippen LogP contribution in [0.15, 0.2) is 58.6 Å². The maximum atomic E-state index is 13.1. The molecule has 9 heteroatoms. The van der Waals surface area contributed by atoms with Crippen molar-refractivity contribution in [2.24, 2.45) is 0 Å². The molecule has 1 fully saturated rings. The number of rotatable bonds is 6. The number of carbonyl (C=O) groups excluding carboxylic acids is 2.